The van der Waals surface area contributed by atoms with Crippen molar-refractivity contribution in [1.29, 1.82) is 0 Å². The lowest BCUT2D eigenvalue weighted by Gasteiger charge is -2.19. The Balaban J connectivity index is 2.48. The summed E-state index contributed by atoms with van der Waals surface area (Å²) in [5.74, 6) is 1.01. The van der Waals surface area contributed by atoms with Crippen molar-refractivity contribution < 1.29 is 23.0 Å². The van der Waals surface area contributed by atoms with Gasteiger partial charge in [0.25, 0.3) is 0 Å². The highest BCUT2D eigenvalue weighted by atomic mass is 32.2. The Labute approximate surface area is 125 Å². The van der Waals surface area contributed by atoms with Gasteiger partial charge in [0.15, 0.2) is 11.5 Å². The molecule has 1 atom stereocenters. The molecule has 1 saturated heterocycles. The van der Waals surface area contributed by atoms with Crippen LogP contribution in [-0.2, 0) is 16.6 Å². The number of ether oxygens (including phenoxy) is 2. The Morgan fingerprint density at radius 3 is 2.52 bits per heavy atom. The molecule has 2 rings (SSSR count). The molecule has 0 bridgehead atoms. The van der Waals surface area contributed by atoms with Gasteiger partial charge >= 0.3 is 0 Å². The first-order valence-corrected chi connectivity index (χ1v) is 8.24. The van der Waals surface area contributed by atoms with E-state index in [0.717, 1.165) is 6.42 Å². The molecule has 1 N–H and O–H groups in total. The van der Waals surface area contributed by atoms with Crippen molar-refractivity contribution in [3.8, 4) is 11.5 Å². The van der Waals surface area contributed by atoms with Crippen molar-refractivity contribution in [3.63, 3.8) is 0 Å². The third kappa shape index (κ3) is 3.00. The highest BCUT2D eigenvalue weighted by Crippen LogP contribution is 2.35. The van der Waals surface area contributed by atoms with E-state index in [1.54, 1.807) is 0 Å². The quantitative estimate of drug-likeness (QED) is 0.884. The van der Waals surface area contributed by atoms with Gasteiger partial charge in [-0.25, -0.2) is 8.42 Å². The molecule has 0 amide bonds. The van der Waals surface area contributed by atoms with E-state index in [1.165, 1.54) is 30.7 Å². The maximum Gasteiger partial charge on any atom is 0.243 e. The van der Waals surface area contributed by atoms with Gasteiger partial charge in [-0.05, 0) is 18.4 Å². The fraction of sp³-hybridized carbons (Fsp3) is 0.571. The third-order valence-electron chi connectivity index (χ3n) is 3.72. The molecule has 1 unspecified atom stereocenters. The van der Waals surface area contributed by atoms with Crippen LogP contribution in [0.1, 0.15) is 18.9 Å². The molecule has 1 fully saturated rings. The van der Waals surface area contributed by atoms with E-state index in [1.807, 2.05) is 6.92 Å². The standard InChI is InChI=1S/C14H21NO5S/c1-10-4-5-15(8-10)21(17,18)12-6-11(9-16)14(20-3)13(7-12)19-2/h6-7,10,16H,4-5,8-9H2,1-3H3. The minimum Gasteiger partial charge on any atom is -0.493 e. The topological polar surface area (TPSA) is 76.1 Å². The minimum absolute atomic E-state index is 0.123. The lowest BCUT2D eigenvalue weighted by atomic mass is 10.2. The molecule has 1 aromatic rings. The highest BCUT2D eigenvalue weighted by Gasteiger charge is 2.31. The summed E-state index contributed by atoms with van der Waals surface area (Å²) in [6.45, 7) is 2.75. The zero-order chi connectivity index (χ0) is 15.6. The molecule has 1 aliphatic rings. The van der Waals surface area contributed by atoms with Gasteiger partial charge in [-0.1, -0.05) is 6.92 Å². The first-order valence-electron chi connectivity index (χ1n) is 6.80. The van der Waals surface area contributed by atoms with Gasteiger partial charge in [0.1, 0.15) is 0 Å². The van der Waals surface area contributed by atoms with Gasteiger partial charge in [0.2, 0.25) is 10.0 Å². The normalized spacial score (nSPS) is 19.7. The largest absolute Gasteiger partial charge is 0.493 e. The van der Waals surface area contributed by atoms with Crippen LogP contribution in [0.4, 0.5) is 0 Å². The van der Waals surface area contributed by atoms with E-state index in [9.17, 15) is 13.5 Å². The van der Waals surface area contributed by atoms with E-state index in [4.69, 9.17) is 9.47 Å². The van der Waals surface area contributed by atoms with Gasteiger partial charge in [0, 0.05) is 24.7 Å². The average Bonchev–Trinajstić information content (AvgIpc) is 2.92. The van der Waals surface area contributed by atoms with Crippen LogP contribution in [0.2, 0.25) is 0 Å². The van der Waals surface area contributed by atoms with Crippen LogP contribution >= 0.6 is 0 Å². The van der Waals surface area contributed by atoms with Crippen molar-refractivity contribution in [2.75, 3.05) is 27.3 Å². The van der Waals surface area contributed by atoms with Crippen molar-refractivity contribution in [2.24, 2.45) is 5.92 Å². The van der Waals surface area contributed by atoms with Crippen LogP contribution in [0, 0.1) is 5.92 Å². The number of hydrogen-bond donors (Lipinski definition) is 1. The Kier molecular flexibility index (Phi) is 4.75. The molecule has 0 spiro atoms. The molecule has 0 saturated carbocycles. The van der Waals surface area contributed by atoms with Gasteiger partial charge in [0.05, 0.1) is 25.7 Å². The maximum absolute atomic E-state index is 12.7. The molecule has 21 heavy (non-hydrogen) atoms. The molecule has 118 valence electrons. The average molecular weight is 315 g/mol. The zero-order valence-corrected chi connectivity index (χ0v) is 13.3. The predicted molar refractivity (Wildman–Crippen MR) is 78.0 cm³/mol. The summed E-state index contributed by atoms with van der Waals surface area (Å²) in [6, 6.07) is 2.88. The summed E-state index contributed by atoms with van der Waals surface area (Å²) in [5.41, 5.74) is 0.391. The predicted octanol–water partition coefficient (Wildman–Crippen LogP) is 1.23. The van der Waals surface area contributed by atoms with Gasteiger partial charge in [-0.3, -0.25) is 0 Å². The number of aliphatic hydroxyl groups is 1. The van der Waals surface area contributed by atoms with Gasteiger partial charge < -0.3 is 14.6 Å². The van der Waals surface area contributed by atoms with Crippen LogP contribution in [0.25, 0.3) is 0 Å². The number of sulfonamides is 1. The summed E-state index contributed by atoms with van der Waals surface area (Å²) < 4.78 is 37.2. The second-order valence-corrected chi connectivity index (χ2v) is 7.17. The minimum atomic E-state index is -3.58. The van der Waals surface area contributed by atoms with Crippen LogP contribution in [0.15, 0.2) is 17.0 Å². The Hall–Kier alpha value is -1.31. The number of aliphatic hydroxyl groups excluding tert-OH is 1. The summed E-state index contributed by atoms with van der Waals surface area (Å²) in [7, 11) is -0.686. The number of hydrogen-bond acceptors (Lipinski definition) is 5. The second kappa shape index (κ2) is 6.21. The number of benzene rings is 1. The van der Waals surface area contributed by atoms with Crippen molar-refractivity contribution in [1.82, 2.24) is 4.31 Å². The fourth-order valence-corrected chi connectivity index (χ4v) is 4.19. The Morgan fingerprint density at radius 1 is 1.33 bits per heavy atom. The van der Waals surface area contributed by atoms with Crippen LogP contribution in [-0.4, -0.2) is 45.1 Å². The molecule has 6 nitrogen and oxygen atoms in total. The summed E-state index contributed by atoms with van der Waals surface area (Å²) in [4.78, 5) is 0.123. The first kappa shape index (κ1) is 16.1. The lowest BCUT2D eigenvalue weighted by molar-refractivity contribution is 0.269. The van der Waals surface area contributed by atoms with Gasteiger partial charge in [-0.2, -0.15) is 4.31 Å². The van der Waals surface area contributed by atoms with E-state index < -0.39 is 10.0 Å². The fourth-order valence-electron chi connectivity index (χ4n) is 2.54. The Morgan fingerprint density at radius 2 is 2.05 bits per heavy atom. The SMILES string of the molecule is COc1cc(S(=O)(=O)N2CCC(C)C2)cc(CO)c1OC. The molecular formula is C14H21NO5S. The van der Waals surface area contributed by atoms with Crippen LogP contribution in [0.5, 0.6) is 11.5 Å². The smallest absolute Gasteiger partial charge is 0.243 e. The number of methoxy groups -OCH3 is 2. The van der Waals surface area contributed by atoms with E-state index in [2.05, 4.69) is 0 Å². The summed E-state index contributed by atoms with van der Waals surface area (Å²) in [5, 5.41) is 9.42. The molecule has 1 heterocycles. The van der Waals surface area contributed by atoms with Crippen molar-refractivity contribution >= 4 is 10.0 Å². The monoisotopic (exact) mass is 315 g/mol. The van der Waals surface area contributed by atoms with Crippen LogP contribution < -0.4 is 9.47 Å². The van der Waals surface area contributed by atoms with Gasteiger partial charge in [-0.15, -0.1) is 0 Å². The Bertz CT molecular complexity index is 589. The third-order valence-corrected chi connectivity index (χ3v) is 5.57. The first-order chi connectivity index (χ1) is 9.93. The van der Waals surface area contributed by atoms with E-state index in [-0.39, 0.29) is 11.5 Å². The second-order valence-electron chi connectivity index (χ2n) is 5.23. The molecular weight excluding hydrogens is 294 g/mol. The summed E-state index contributed by atoms with van der Waals surface area (Å²) >= 11 is 0. The highest BCUT2D eigenvalue weighted by molar-refractivity contribution is 7.89. The molecule has 1 aliphatic heterocycles. The zero-order valence-electron chi connectivity index (χ0n) is 12.5. The maximum atomic E-state index is 12.7. The molecule has 0 radical (unpaired) electrons. The number of rotatable bonds is 5. The molecule has 1 aromatic carbocycles. The van der Waals surface area contributed by atoms with Crippen molar-refractivity contribution in [3.05, 3.63) is 17.7 Å². The molecule has 0 aliphatic carbocycles. The lowest BCUT2D eigenvalue weighted by Crippen LogP contribution is -2.28. The molecule has 7 heteroatoms. The molecule has 0 aromatic heterocycles. The van der Waals surface area contributed by atoms with E-state index >= 15 is 0 Å². The number of nitrogens with zero attached hydrogens (tertiary/aromatic N) is 1. The van der Waals surface area contributed by atoms with E-state index in [0.29, 0.717) is 36.1 Å². The summed E-state index contributed by atoms with van der Waals surface area (Å²) in [6.07, 6.45) is 0.860. The van der Waals surface area contributed by atoms with Crippen LogP contribution in [0.3, 0.4) is 0 Å². The van der Waals surface area contributed by atoms with Crippen molar-refractivity contribution in [2.45, 2.75) is 24.8 Å².